The minimum Gasteiger partial charge on any atom is -0.508 e. The molecular weight excluding hydrogens is 656 g/mol. The number of carboxylic acids is 3. The number of aliphatic carboxylic acids is 3. The van der Waals surface area contributed by atoms with Crippen LogP contribution in [0, 0.1) is 11.8 Å². The second kappa shape index (κ2) is 20.0. The van der Waals surface area contributed by atoms with Crippen molar-refractivity contribution < 1.29 is 69.6 Å². The third kappa shape index (κ3) is 13.3. The van der Waals surface area contributed by atoms with Crippen LogP contribution in [0.1, 0.15) is 58.5 Å². The van der Waals surface area contributed by atoms with Gasteiger partial charge in [-0.3, -0.25) is 28.8 Å². The predicted molar refractivity (Wildman–Crippen MR) is 177 cm³/mol. The van der Waals surface area contributed by atoms with Gasteiger partial charge in [0.25, 0.3) is 0 Å². The lowest BCUT2D eigenvalue weighted by atomic mass is 10.0. The van der Waals surface area contributed by atoms with Gasteiger partial charge in [-0.15, -0.1) is 0 Å². The Morgan fingerprint density at radius 3 is 1.38 bits per heavy atom. The highest BCUT2D eigenvalue weighted by Crippen LogP contribution is 2.27. The van der Waals surface area contributed by atoms with Gasteiger partial charge >= 0.3 is 23.9 Å². The number of carbonyl (C=O) groups is 6. The number of carbonyl (C=O) groups excluding carboxylic acids is 3. The first-order valence-electron chi connectivity index (χ1n) is 14.5. The zero-order valence-electron chi connectivity index (χ0n) is 26.8. The lowest BCUT2D eigenvalue weighted by molar-refractivity contribution is -0.147. The van der Waals surface area contributed by atoms with Gasteiger partial charge in [-0.05, 0) is 24.3 Å². The topological polar surface area (TPSA) is 265 Å². The summed E-state index contributed by atoms with van der Waals surface area (Å²) in [6.07, 6.45) is -0.662. The number of phenols is 3. The summed E-state index contributed by atoms with van der Waals surface area (Å²) in [5.74, 6) is -6.77. The van der Waals surface area contributed by atoms with Crippen molar-refractivity contribution in [1.29, 1.82) is 0 Å². The molecule has 0 radical (unpaired) electrons. The molecule has 0 amide bonds. The van der Waals surface area contributed by atoms with E-state index < -0.39 is 35.7 Å². The van der Waals surface area contributed by atoms with Crippen LogP contribution in [-0.2, 0) is 19.2 Å². The Kier molecular flexibility index (Phi) is 16.6. The minimum absolute atomic E-state index is 0. The van der Waals surface area contributed by atoms with Crippen molar-refractivity contribution in [1.82, 2.24) is 0 Å². The molecule has 0 bridgehead atoms. The van der Waals surface area contributed by atoms with Crippen LogP contribution in [0.4, 0.5) is 0 Å². The van der Waals surface area contributed by atoms with Crippen molar-refractivity contribution in [3.8, 4) is 23.0 Å². The monoisotopic (exact) mass is 692 g/mol. The summed E-state index contributed by atoms with van der Waals surface area (Å²) in [5.41, 5.74) is 1.19. The molecule has 2 unspecified atom stereocenters. The fourth-order valence-electron chi connectivity index (χ4n) is 3.88. The van der Waals surface area contributed by atoms with Gasteiger partial charge in [0.15, 0.2) is 11.6 Å². The highest BCUT2D eigenvalue weighted by molar-refractivity contribution is 6.11. The van der Waals surface area contributed by atoms with E-state index in [2.05, 4.69) is 0 Å². The number of benzene rings is 4. The van der Waals surface area contributed by atoms with Crippen LogP contribution < -0.4 is 4.74 Å². The molecule has 50 heavy (non-hydrogen) atoms. The molecule has 0 aliphatic heterocycles. The number of aromatic hydroxyl groups is 3. The van der Waals surface area contributed by atoms with Gasteiger partial charge in [0.2, 0.25) is 0 Å². The first kappa shape index (κ1) is 41.5. The van der Waals surface area contributed by atoms with E-state index in [9.17, 15) is 39.0 Å². The van der Waals surface area contributed by atoms with E-state index in [1.54, 1.807) is 54.6 Å². The van der Waals surface area contributed by atoms with Crippen molar-refractivity contribution in [3.05, 3.63) is 119 Å². The fraction of sp³-hybridized carbons (Fsp3) is 0.167. The van der Waals surface area contributed by atoms with Crippen LogP contribution in [0.15, 0.2) is 97.1 Å². The highest BCUT2D eigenvalue weighted by atomic mass is 16.5. The predicted octanol–water partition coefficient (Wildman–Crippen LogP) is 4.33. The van der Waals surface area contributed by atoms with Crippen LogP contribution in [0.25, 0.3) is 0 Å². The number of carboxylic acid groups (broad SMARTS) is 3. The van der Waals surface area contributed by atoms with E-state index in [1.165, 1.54) is 38.1 Å². The zero-order chi connectivity index (χ0) is 36.7. The second-order valence-corrected chi connectivity index (χ2v) is 10.5. The van der Waals surface area contributed by atoms with Gasteiger partial charge < -0.3 is 40.9 Å². The first-order chi connectivity index (χ1) is 23.1. The summed E-state index contributed by atoms with van der Waals surface area (Å²) in [4.78, 5) is 66.4. The van der Waals surface area contributed by atoms with Crippen LogP contribution in [0.5, 0.6) is 23.0 Å². The van der Waals surface area contributed by atoms with E-state index in [0.29, 0.717) is 11.1 Å². The summed E-state index contributed by atoms with van der Waals surface area (Å²) in [6, 6.07) is 24.9. The van der Waals surface area contributed by atoms with Crippen LogP contribution >= 0.6 is 0 Å². The zero-order valence-corrected chi connectivity index (χ0v) is 26.8. The Labute approximate surface area is 285 Å². The molecule has 0 aliphatic rings. The third-order valence-electron chi connectivity index (χ3n) is 6.52. The Morgan fingerprint density at radius 2 is 1.00 bits per heavy atom. The molecule has 4 rings (SSSR count). The number of phenolic OH excluding ortho intramolecular Hbond substituents is 3. The van der Waals surface area contributed by atoms with Gasteiger partial charge in [0, 0.05) is 23.3 Å². The van der Waals surface area contributed by atoms with Crippen LogP contribution in [-0.4, -0.2) is 71.6 Å². The van der Waals surface area contributed by atoms with Gasteiger partial charge in [0.05, 0.1) is 35.8 Å². The van der Waals surface area contributed by atoms with Crippen molar-refractivity contribution in [2.45, 2.75) is 26.7 Å². The molecule has 0 spiro atoms. The van der Waals surface area contributed by atoms with Crippen molar-refractivity contribution in [3.63, 3.8) is 0 Å². The number of ketones is 2. The van der Waals surface area contributed by atoms with Gasteiger partial charge in [-0.2, -0.15) is 0 Å². The highest BCUT2D eigenvalue weighted by Gasteiger charge is 2.20. The van der Waals surface area contributed by atoms with Crippen LogP contribution in [0.2, 0.25) is 0 Å². The van der Waals surface area contributed by atoms with Crippen LogP contribution in [0.3, 0.4) is 0 Å². The second-order valence-electron chi connectivity index (χ2n) is 10.5. The Bertz CT molecular complexity index is 1790. The van der Waals surface area contributed by atoms with Gasteiger partial charge in [0.1, 0.15) is 23.0 Å². The summed E-state index contributed by atoms with van der Waals surface area (Å²) >= 11 is 0. The lowest BCUT2D eigenvalue weighted by Crippen LogP contribution is -2.20. The summed E-state index contributed by atoms with van der Waals surface area (Å²) in [6.45, 7) is 2.79. The number of rotatable bonds is 11. The molecule has 4 aromatic rings. The number of ether oxygens (including phenoxy) is 1. The largest absolute Gasteiger partial charge is 0.508 e. The molecule has 0 saturated carbocycles. The SMILES string of the molecule is CC(CC(=O)O)C(=O)O.CC(CC(=O)O)C(=O)Oc1ccc(C(=O)c2ccccc2)c(O)c1.O.O=C(c1ccccc1)c1ccc(O)cc1O. The maximum Gasteiger partial charge on any atom is 0.314 e. The standard InChI is InChI=1S/C18H16O6.C13H10O3.C5H8O4.H2O/c1-11(9-16(20)21)18(23)24-13-7-8-14(15(19)10-13)17(22)12-5-3-2-4-6-12;14-10-6-7-11(12(15)8-10)13(16)9-4-2-1-3-5-9;1-3(5(8)9)2-4(6)7;/h2-8,10-11,19H,9H2,1H3,(H,20,21);1-8,14-15H;3H,2H2,1H3,(H,6,7)(H,8,9);1H2. The normalized spacial score (nSPS) is 11.0. The molecule has 0 heterocycles. The molecule has 0 saturated heterocycles. The van der Waals surface area contributed by atoms with Crippen molar-refractivity contribution in [2.24, 2.45) is 11.8 Å². The molecule has 0 aromatic heterocycles. The Morgan fingerprint density at radius 1 is 0.580 bits per heavy atom. The van der Waals surface area contributed by atoms with E-state index in [-0.39, 0.29) is 64.0 Å². The van der Waals surface area contributed by atoms with Crippen molar-refractivity contribution in [2.75, 3.05) is 0 Å². The maximum atomic E-state index is 12.3. The number of esters is 1. The lowest BCUT2D eigenvalue weighted by Gasteiger charge is -2.10. The molecule has 4 aromatic carbocycles. The Balaban J connectivity index is 0.000000414. The molecule has 14 heteroatoms. The Hall–Kier alpha value is -6.54. The third-order valence-corrected chi connectivity index (χ3v) is 6.52. The molecule has 8 N–H and O–H groups in total. The summed E-state index contributed by atoms with van der Waals surface area (Å²) in [5, 5.41) is 53.6. The molecule has 2 atom stereocenters. The van der Waals surface area contributed by atoms with Gasteiger partial charge in [-0.1, -0.05) is 74.5 Å². The number of hydrogen-bond donors (Lipinski definition) is 6. The molecule has 264 valence electrons. The quantitative estimate of drug-likeness (QED) is 0.0727. The summed E-state index contributed by atoms with van der Waals surface area (Å²) in [7, 11) is 0. The van der Waals surface area contributed by atoms with E-state index in [0.717, 1.165) is 12.1 Å². The molecule has 14 nitrogen and oxygen atoms in total. The van der Waals surface area contributed by atoms with E-state index >= 15 is 0 Å². The molecule has 0 aliphatic carbocycles. The van der Waals surface area contributed by atoms with E-state index in [1.807, 2.05) is 6.07 Å². The summed E-state index contributed by atoms with van der Waals surface area (Å²) < 4.78 is 5.02. The van der Waals surface area contributed by atoms with Crippen molar-refractivity contribution >= 4 is 35.4 Å². The fourth-order valence-corrected chi connectivity index (χ4v) is 3.88. The minimum atomic E-state index is -1.11. The smallest absolute Gasteiger partial charge is 0.314 e. The van der Waals surface area contributed by atoms with Gasteiger partial charge in [-0.25, -0.2) is 0 Å². The van der Waals surface area contributed by atoms with E-state index in [4.69, 9.17) is 25.2 Å². The number of hydrogen-bond acceptors (Lipinski definition) is 10. The average Bonchev–Trinajstić information content (AvgIpc) is 3.05. The average molecular weight is 693 g/mol. The molecule has 0 fully saturated rings. The first-order valence-corrected chi connectivity index (χ1v) is 14.5. The maximum absolute atomic E-state index is 12.3. The molecular formula is C36H36O14.